The number of carbonyl (C=O) groups excluding carboxylic acids is 1. The molecule has 142 valence electrons. The molecule has 1 aliphatic heterocycles. The van der Waals surface area contributed by atoms with Crippen LogP contribution in [0.5, 0.6) is 0 Å². The Morgan fingerprint density at radius 2 is 2.00 bits per heavy atom. The van der Waals surface area contributed by atoms with E-state index in [-0.39, 0.29) is 17.7 Å². The second kappa shape index (κ2) is 8.43. The average Bonchev–Trinajstić information content (AvgIpc) is 3.09. The number of piperidine rings is 1. The van der Waals surface area contributed by atoms with Crippen LogP contribution in [0.4, 0.5) is 0 Å². The van der Waals surface area contributed by atoms with E-state index in [0.717, 1.165) is 62.1 Å². The van der Waals surface area contributed by atoms with Gasteiger partial charge in [-0.25, -0.2) is 0 Å². The molecular formula is C21H28ClNO3. The van der Waals surface area contributed by atoms with E-state index in [0.29, 0.717) is 18.9 Å². The number of carboxylic acid groups (broad SMARTS) is 1. The Bertz CT molecular complexity index is 654. The maximum atomic E-state index is 13.5. The van der Waals surface area contributed by atoms with Crippen molar-refractivity contribution in [1.82, 2.24) is 4.90 Å². The third-order valence-corrected chi connectivity index (χ3v) is 6.25. The summed E-state index contributed by atoms with van der Waals surface area (Å²) in [6, 6.07) is 7.85. The molecule has 2 fully saturated rings. The molecule has 1 aliphatic carbocycles. The van der Waals surface area contributed by atoms with Crippen LogP contribution in [-0.4, -0.2) is 35.0 Å². The number of halogens is 1. The van der Waals surface area contributed by atoms with Crippen LogP contribution in [0.2, 0.25) is 5.02 Å². The van der Waals surface area contributed by atoms with Gasteiger partial charge in [0.05, 0.1) is 5.41 Å². The summed E-state index contributed by atoms with van der Waals surface area (Å²) >= 11 is 6.14. The summed E-state index contributed by atoms with van der Waals surface area (Å²) < 4.78 is 0. The molecule has 1 aromatic carbocycles. The van der Waals surface area contributed by atoms with E-state index in [1.54, 1.807) is 0 Å². The number of benzene rings is 1. The molecule has 1 heterocycles. The van der Waals surface area contributed by atoms with Gasteiger partial charge in [-0.15, -0.1) is 0 Å². The first-order valence-electron chi connectivity index (χ1n) is 9.74. The first-order valence-corrected chi connectivity index (χ1v) is 10.1. The zero-order chi connectivity index (χ0) is 18.6. The Hall–Kier alpha value is -1.55. The third-order valence-electron chi connectivity index (χ3n) is 6.02. The number of aliphatic carboxylic acids is 1. The molecule has 4 nitrogen and oxygen atoms in total. The fraction of sp³-hybridized carbons (Fsp3) is 0.619. The molecule has 3 rings (SSSR count). The van der Waals surface area contributed by atoms with Crippen molar-refractivity contribution in [3.63, 3.8) is 0 Å². The van der Waals surface area contributed by atoms with Gasteiger partial charge in [-0.2, -0.15) is 0 Å². The molecule has 0 bridgehead atoms. The van der Waals surface area contributed by atoms with Gasteiger partial charge < -0.3 is 10.0 Å². The van der Waals surface area contributed by atoms with E-state index in [9.17, 15) is 9.59 Å². The Balaban J connectivity index is 1.71. The summed E-state index contributed by atoms with van der Waals surface area (Å²) in [6.07, 6.45) is 7.69. The molecule has 1 amide bonds. The van der Waals surface area contributed by atoms with E-state index in [1.807, 2.05) is 23.1 Å². The van der Waals surface area contributed by atoms with Crippen LogP contribution < -0.4 is 0 Å². The molecule has 1 N–H and O–H groups in total. The summed E-state index contributed by atoms with van der Waals surface area (Å²) in [4.78, 5) is 26.3. The molecule has 0 radical (unpaired) electrons. The number of likely N-dealkylation sites (tertiary alicyclic amines) is 1. The van der Waals surface area contributed by atoms with Crippen LogP contribution in [0.15, 0.2) is 24.3 Å². The minimum absolute atomic E-state index is 0.195. The predicted octanol–water partition coefficient (Wildman–Crippen LogP) is 4.55. The average molecular weight is 378 g/mol. The highest BCUT2D eigenvalue weighted by molar-refractivity contribution is 6.30. The molecule has 26 heavy (non-hydrogen) atoms. The standard InChI is InChI=1S/C21H28ClNO3/c22-18-7-3-5-17(13-18)14-21(10-1-2-11-21)20(26)23-12-4-6-16(15-23)8-9-19(24)25/h3,5,7,13,16H,1-2,4,6,8-12,14-15H2,(H,24,25). The highest BCUT2D eigenvalue weighted by atomic mass is 35.5. The summed E-state index contributed by atoms with van der Waals surface area (Å²) in [5.41, 5.74) is 0.825. The Labute approximate surface area is 160 Å². The van der Waals surface area contributed by atoms with Gasteiger partial charge in [0.1, 0.15) is 0 Å². The highest BCUT2D eigenvalue weighted by Crippen LogP contribution is 2.43. The SMILES string of the molecule is O=C(O)CCC1CCCN(C(=O)C2(Cc3cccc(Cl)c3)CCCC2)C1. The van der Waals surface area contributed by atoms with E-state index < -0.39 is 5.97 Å². The summed E-state index contributed by atoms with van der Waals surface area (Å²) in [6.45, 7) is 1.52. The maximum Gasteiger partial charge on any atom is 0.303 e. The number of nitrogens with zero attached hydrogens (tertiary/aromatic N) is 1. The summed E-state index contributed by atoms with van der Waals surface area (Å²) in [7, 11) is 0. The number of amides is 1. The van der Waals surface area contributed by atoms with E-state index in [1.165, 1.54) is 0 Å². The minimum Gasteiger partial charge on any atom is -0.481 e. The largest absolute Gasteiger partial charge is 0.481 e. The highest BCUT2D eigenvalue weighted by Gasteiger charge is 2.44. The van der Waals surface area contributed by atoms with Gasteiger partial charge in [0.2, 0.25) is 5.91 Å². The molecule has 1 aromatic rings. The van der Waals surface area contributed by atoms with Gasteiger partial charge in [0, 0.05) is 24.5 Å². The van der Waals surface area contributed by atoms with E-state index >= 15 is 0 Å². The maximum absolute atomic E-state index is 13.5. The van der Waals surface area contributed by atoms with Crippen molar-refractivity contribution in [3.05, 3.63) is 34.9 Å². The lowest BCUT2D eigenvalue weighted by atomic mass is 9.78. The smallest absolute Gasteiger partial charge is 0.303 e. The Kier molecular flexibility index (Phi) is 6.23. The Morgan fingerprint density at radius 3 is 2.69 bits per heavy atom. The summed E-state index contributed by atoms with van der Waals surface area (Å²) in [5.74, 6) is -0.162. The summed E-state index contributed by atoms with van der Waals surface area (Å²) in [5, 5.41) is 9.65. The van der Waals surface area contributed by atoms with Crippen molar-refractivity contribution in [2.75, 3.05) is 13.1 Å². The van der Waals surface area contributed by atoms with Crippen molar-refractivity contribution in [1.29, 1.82) is 0 Å². The second-order valence-electron chi connectivity index (χ2n) is 7.99. The van der Waals surface area contributed by atoms with Crippen LogP contribution in [0.1, 0.15) is 56.9 Å². The van der Waals surface area contributed by atoms with Gasteiger partial charge in [-0.05, 0) is 62.1 Å². The molecule has 2 aliphatic rings. The number of carboxylic acids is 1. The molecule has 0 spiro atoms. The van der Waals surface area contributed by atoms with Gasteiger partial charge in [0.15, 0.2) is 0 Å². The first kappa shape index (κ1) is 19.2. The Morgan fingerprint density at radius 1 is 1.23 bits per heavy atom. The topological polar surface area (TPSA) is 57.6 Å². The van der Waals surface area contributed by atoms with Crippen molar-refractivity contribution < 1.29 is 14.7 Å². The van der Waals surface area contributed by atoms with Gasteiger partial charge in [-0.1, -0.05) is 36.6 Å². The molecule has 1 saturated heterocycles. The normalized spacial score (nSPS) is 22.3. The quantitative estimate of drug-likeness (QED) is 0.791. The fourth-order valence-electron chi connectivity index (χ4n) is 4.70. The zero-order valence-corrected chi connectivity index (χ0v) is 16.0. The predicted molar refractivity (Wildman–Crippen MR) is 102 cm³/mol. The van der Waals surface area contributed by atoms with Crippen molar-refractivity contribution in [2.24, 2.45) is 11.3 Å². The van der Waals surface area contributed by atoms with Crippen LogP contribution in [-0.2, 0) is 16.0 Å². The van der Waals surface area contributed by atoms with Crippen LogP contribution in [0.3, 0.4) is 0 Å². The van der Waals surface area contributed by atoms with E-state index in [4.69, 9.17) is 16.7 Å². The molecule has 1 saturated carbocycles. The lowest BCUT2D eigenvalue weighted by Crippen LogP contribution is -2.48. The first-order chi connectivity index (χ1) is 12.5. The fourth-order valence-corrected chi connectivity index (χ4v) is 4.92. The van der Waals surface area contributed by atoms with Gasteiger partial charge in [0.25, 0.3) is 0 Å². The monoisotopic (exact) mass is 377 g/mol. The van der Waals surface area contributed by atoms with Crippen LogP contribution in [0.25, 0.3) is 0 Å². The molecular weight excluding hydrogens is 350 g/mol. The van der Waals surface area contributed by atoms with E-state index in [2.05, 4.69) is 6.07 Å². The zero-order valence-electron chi connectivity index (χ0n) is 15.3. The van der Waals surface area contributed by atoms with Crippen molar-refractivity contribution >= 4 is 23.5 Å². The molecule has 0 aromatic heterocycles. The molecule has 1 unspecified atom stereocenters. The van der Waals surface area contributed by atoms with Crippen molar-refractivity contribution in [2.45, 2.75) is 57.8 Å². The number of carbonyl (C=O) groups is 2. The lowest BCUT2D eigenvalue weighted by molar-refractivity contribution is -0.144. The minimum atomic E-state index is -0.748. The van der Waals surface area contributed by atoms with Crippen LogP contribution in [0, 0.1) is 11.3 Å². The molecule has 1 atom stereocenters. The van der Waals surface area contributed by atoms with Crippen molar-refractivity contribution in [3.8, 4) is 0 Å². The number of rotatable bonds is 6. The second-order valence-corrected chi connectivity index (χ2v) is 8.42. The van der Waals surface area contributed by atoms with Crippen LogP contribution >= 0.6 is 11.6 Å². The van der Waals surface area contributed by atoms with Gasteiger partial charge in [-0.3, -0.25) is 9.59 Å². The molecule has 5 heteroatoms. The third kappa shape index (κ3) is 4.59. The van der Waals surface area contributed by atoms with Gasteiger partial charge >= 0.3 is 5.97 Å². The number of hydrogen-bond donors (Lipinski definition) is 1. The number of hydrogen-bond acceptors (Lipinski definition) is 2. The lowest BCUT2D eigenvalue weighted by Gasteiger charge is -2.39.